The van der Waals surface area contributed by atoms with Crippen molar-refractivity contribution < 1.29 is 14.3 Å². The highest BCUT2D eigenvalue weighted by Crippen LogP contribution is 2.18. The number of nitrogens with zero attached hydrogens (tertiary/aromatic N) is 1. The molecule has 2 aromatic rings. The van der Waals surface area contributed by atoms with E-state index in [0.717, 1.165) is 16.7 Å². The van der Waals surface area contributed by atoms with E-state index in [1.165, 1.54) is 5.56 Å². The van der Waals surface area contributed by atoms with Crippen molar-refractivity contribution in [1.29, 1.82) is 0 Å². The van der Waals surface area contributed by atoms with Gasteiger partial charge in [-0.3, -0.25) is 9.59 Å². The highest BCUT2D eigenvalue weighted by Gasteiger charge is 2.28. The number of aryl methyl sites for hydroxylation is 3. The minimum absolute atomic E-state index is 0.109. The first-order chi connectivity index (χ1) is 13.3. The van der Waals surface area contributed by atoms with Crippen molar-refractivity contribution >= 4 is 11.8 Å². The summed E-state index contributed by atoms with van der Waals surface area (Å²) in [4.78, 5) is 27.0. The maximum Gasteiger partial charge on any atom is 0.261 e. The van der Waals surface area contributed by atoms with Crippen molar-refractivity contribution in [1.82, 2.24) is 10.2 Å². The van der Waals surface area contributed by atoms with Crippen LogP contribution in [0.15, 0.2) is 42.5 Å². The topological polar surface area (TPSA) is 58.6 Å². The number of ether oxygens (including phenoxy) is 1. The Morgan fingerprint density at radius 2 is 1.82 bits per heavy atom. The van der Waals surface area contributed by atoms with Crippen molar-refractivity contribution in [2.75, 3.05) is 13.7 Å². The number of benzene rings is 2. The second kappa shape index (κ2) is 9.93. The zero-order chi connectivity index (χ0) is 20.7. The third kappa shape index (κ3) is 5.59. The van der Waals surface area contributed by atoms with Crippen LogP contribution in [0.1, 0.15) is 35.6 Å². The fourth-order valence-electron chi connectivity index (χ4n) is 3.12. The first-order valence-corrected chi connectivity index (χ1v) is 9.62. The molecule has 1 atom stereocenters. The Balaban J connectivity index is 2.19. The number of amides is 2. The average Bonchev–Trinajstić information content (AvgIpc) is 2.68. The van der Waals surface area contributed by atoms with E-state index in [0.29, 0.717) is 18.7 Å². The molecule has 0 bridgehead atoms. The molecular formula is C23H30N2O3. The molecule has 1 N–H and O–H groups in total. The molecule has 0 saturated heterocycles. The summed E-state index contributed by atoms with van der Waals surface area (Å²) in [5.74, 6) is 0.268. The maximum atomic E-state index is 13.0. The zero-order valence-corrected chi connectivity index (χ0v) is 17.4. The smallest absolute Gasteiger partial charge is 0.261 e. The van der Waals surface area contributed by atoms with Gasteiger partial charge in [-0.2, -0.15) is 0 Å². The Morgan fingerprint density at radius 1 is 1.07 bits per heavy atom. The molecule has 0 saturated carbocycles. The Kier molecular flexibility index (Phi) is 7.61. The number of hydrogen-bond donors (Lipinski definition) is 1. The summed E-state index contributed by atoms with van der Waals surface area (Å²) in [5.41, 5.74) is 4.38. The van der Waals surface area contributed by atoms with E-state index in [1.807, 2.05) is 70.2 Å². The molecule has 28 heavy (non-hydrogen) atoms. The van der Waals surface area contributed by atoms with E-state index in [2.05, 4.69) is 5.32 Å². The average molecular weight is 383 g/mol. The standard InChI is InChI=1S/C23H30N2O3/c1-6-21(23(27)24-5)25(14-19-9-7-8-16(2)12-19)22(26)15-28-20-11-10-17(3)18(4)13-20/h7-13,21H,6,14-15H2,1-5H3,(H,24,27)/t21-/m1/s1. The molecule has 0 aliphatic rings. The summed E-state index contributed by atoms with van der Waals surface area (Å²) in [5, 5.41) is 2.66. The van der Waals surface area contributed by atoms with Gasteiger partial charge in [0.25, 0.3) is 5.91 Å². The van der Waals surface area contributed by atoms with E-state index >= 15 is 0 Å². The molecule has 0 radical (unpaired) electrons. The number of likely N-dealkylation sites (N-methyl/N-ethyl adjacent to an activating group) is 1. The van der Waals surface area contributed by atoms with Crippen LogP contribution >= 0.6 is 0 Å². The summed E-state index contributed by atoms with van der Waals surface area (Å²) in [6.45, 7) is 8.20. The Hall–Kier alpha value is -2.82. The van der Waals surface area contributed by atoms with E-state index in [-0.39, 0.29) is 18.4 Å². The van der Waals surface area contributed by atoms with Crippen LogP contribution in [0, 0.1) is 20.8 Å². The van der Waals surface area contributed by atoms with Crippen LogP contribution in [-0.4, -0.2) is 36.4 Å². The molecule has 5 heteroatoms. The summed E-state index contributed by atoms with van der Waals surface area (Å²) in [6, 6.07) is 13.2. The molecule has 0 unspecified atom stereocenters. The van der Waals surface area contributed by atoms with Crippen molar-refractivity contribution in [2.45, 2.75) is 46.7 Å². The van der Waals surface area contributed by atoms with Gasteiger partial charge in [-0.05, 0) is 56.0 Å². The number of nitrogens with one attached hydrogen (secondary N) is 1. The predicted octanol–water partition coefficient (Wildman–Crippen LogP) is 3.54. The maximum absolute atomic E-state index is 13.0. The lowest BCUT2D eigenvalue weighted by atomic mass is 10.1. The zero-order valence-electron chi connectivity index (χ0n) is 17.4. The number of carbonyl (C=O) groups excluding carboxylic acids is 2. The van der Waals surface area contributed by atoms with Crippen molar-refractivity contribution in [3.05, 3.63) is 64.7 Å². The lowest BCUT2D eigenvalue weighted by molar-refractivity contribution is -0.142. The molecular weight excluding hydrogens is 352 g/mol. The molecule has 0 aliphatic heterocycles. The van der Waals surface area contributed by atoms with E-state index in [9.17, 15) is 9.59 Å². The van der Waals surface area contributed by atoms with Crippen LogP contribution in [0.4, 0.5) is 0 Å². The van der Waals surface area contributed by atoms with Gasteiger partial charge in [0.2, 0.25) is 5.91 Å². The molecule has 0 heterocycles. The minimum Gasteiger partial charge on any atom is -0.484 e. The summed E-state index contributed by atoms with van der Waals surface area (Å²) in [7, 11) is 1.59. The quantitative estimate of drug-likeness (QED) is 0.760. The van der Waals surface area contributed by atoms with Gasteiger partial charge in [-0.25, -0.2) is 0 Å². The molecule has 5 nitrogen and oxygen atoms in total. The van der Waals surface area contributed by atoms with Gasteiger partial charge in [-0.15, -0.1) is 0 Å². The molecule has 0 aromatic heterocycles. The Bertz CT molecular complexity index is 832. The molecule has 0 aliphatic carbocycles. The molecule has 0 spiro atoms. The van der Waals surface area contributed by atoms with E-state index in [1.54, 1.807) is 11.9 Å². The van der Waals surface area contributed by atoms with Crippen molar-refractivity contribution in [2.24, 2.45) is 0 Å². The van der Waals surface area contributed by atoms with Gasteiger partial charge >= 0.3 is 0 Å². The molecule has 0 fully saturated rings. The second-order valence-electron chi connectivity index (χ2n) is 7.08. The monoisotopic (exact) mass is 382 g/mol. The largest absolute Gasteiger partial charge is 0.484 e. The number of hydrogen-bond acceptors (Lipinski definition) is 3. The van der Waals surface area contributed by atoms with Gasteiger partial charge in [0.1, 0.15) is 11.8 Å². The number of rotatable bonds is 8. The van der Waals surface area contributed by atoms with Gasteiger partial charge < -0.3 is 15.0 Å². The highest BCUT2D eigenvalue weighted by atomic mass is 16.5. The first-order valence-electron chi connectivity index (χ1n) is 9.62. The third-order valence-electron chi connectivity index (χ3n) is 4.91. The van der Waals surface area contributed by atoms with Crippen molar-refractivity contribution in [3.8, 4) is 5.75 Å². The van der Waals surface area contributed by atoms with Gasteiger partial charge in [0.05, 0.1) is 0 Å². The normalized spacial score (nSPS) is 11.6. The Labute approximate surface area is 167 Å². The summed E-state index contributed by atoms with van der Waals surface area (Å²) in [6.07, 6.45) is 0.529. The molecule has 2 rings (SSSR count). The summed E-state index contributed by atoms with van der Waals surface area (Å²) >= 11 is 0. The summed E-state index contributed by atoms with van der Waals surface area (Å²) < 4.78 is 5.73. The van der Waals surface area contributed by atoms with Crippen LogP contribution in [0.5, 0.6) is 5.75 Å². The SMILES string of the molecule is CC[C@H](C(=O)NC)N(Cc1cccc(C)c1)C(=O)COc1ccc(C)c(C)c1. The molecule has 2 amide bonds. The van der Waals surface area contributed by atoms with Gasteiger partial charge in [-0.1, -0.05) is 42.8 Å². The van der Waals surface area contributed by atoms with Crippen LogP contribution in [-0.2, 0) is 16.1 Å². The lowest BCUT2D eigenvalue weighted by Crippen LogP contribution is -2.49. The lowest BCUT2D eigenvalue weighted by Gasteiger charge is -2.30. The molecule has 150 valence electrons. The van der Waals surface area contributed by atoms with Crippen LogP contribution in [0.25, 0.3) is 0 Å². The second-order valence-corrected chi connectivity index (χ2v) is 7.08. The molecule has 2 aromatic carbocycles. The fourth-order valence-corrected chi connectivity index (χ4v) is 3.12. The highest BCUT2D eigenvalue weighted by molar-refractivity contribution is 5.88. The third-order valence-corrected chi connectivity index (χ3v) is 4.91. The minimum atomic E-state index is -0.540. The van der Waals surface area contributed by atoms with Gasteiger partial charge in [0.15, 0.2) is 6.61 Å². The van der Waals surface area contributed by atoms with Crippen LogP contribution < -0.4 is 10.1 Å². The predicted molar refractivity (Wildman–Crippen MR) is 111 cm³/mol. The van der Waals surface area contributed by atoms with Crippen molar-refractivity contribution in [3.63, 3.8) is 0 Å². The number of carbonyl (C=O) groups is 2. The Morgan fingerprint density at radius 3 is 2.43 bits per heavy atom. The first kappa shape index (κ1) is 21.5. The fraction of sp³-hybridized carbons (Fsp3) is 0.391. The van der Waals surface area contributed by atoms with E-state index < -0.39 is 6.04 Å². The van der Waals surface area contributed by atoms with Crippen LogP contribution in [0.2, 0.25) is 0 Å². The van der Waals surface area contributed by atoms with Crippen LogP contribution in [0.3, 0.4) is 0 Å². The van der Waals surface area contributed by atoms with Gasteiger partial charge in [0, 0.05) is 13.6 Å². The van der Waals surface area contributed by atoms with E-state index in [4.69, 9.17) is 4.74 Å².